The molecule has 3 aromatic rings. The van der Waals surface area contributed by atoms with Gasteiger partial charge in [-0.05, 0) is 54.8 Å². The van der Waals surface area contributed by atoms with E-state index in [2.05, 4.69) is 5.32 Å². The second kappa shape index (κ2) is 14.6. The third kappa shape index (κ3) is 8.08. The van der Waals surface area contributed by atoms with Crippen molar-refractivity contribution in [3.05, 3.63) is 82.3 Å². The molecule has 226 valence electrons. The standard InChI is InChI=1S/C30H35Cl2N3O6S/c1-20(2)17-33-30(37)21(3)34(18-22-11-13-25(31)26(32)15-22)29(36)19-35(23-9-7-6-8-10-23)42(38,39)24-12-14-27(40-4)28(16-24)41-5/h6-16,20-21H,17-19H2,1-5H3,(H,33,37). The summed E-state index contributed by atoms with van der Waals surface area (Å²) in [6, 6.07) is 16.5. The van der Waals surface area contributed by atoms with Gasteiger partial charge in [-0.3, -0.25) is 13.9 Å². The topological polar surface area (TPSA) is 105 Å². The fourth-order valence-electron chi connectivity index (χ4n) is 4.10. The minimum absolute atomic E-state index is 0.00891. The summed E-state index contributed by atoms with van der Waals surface area (Å²) in [4.78, 5) is 28.3. The van der Waals surface area contributed by atoms with Crippen LogP contribution in [0, 0.1) is 5.92 Å². The van der Waals surface area contributed by atoms with Gasteiger partial charge in [-0.2, -0.15) is 0 Å². The van der Waals surface area contributed by atoms with Crippen molar-refractivity contribution in [2.45, 2.75) is 38.3 Å². The van der Waals surface area contributed by atoms with Crippen molar-refractivity contribution in [2.75, 3.05) is 31.6 Å². The van der Waals surface area contributed by atoms with Crippen LogP contribution < -0.4 is 19.1 Å². The Bertz CT molecular complexity index is 1500. The minimum atomic E-state index is -4.28. The van der Waals surface area contributed by atoms with E-state index in [1.54, 1.807) is 55.5 Å². The molecule has 42 heavy (non-hydrogen) atoms. The summed E-state index contributed by atoms with van der Waals surface area (Å²) >= 11 is 12.3. The van der Waals surface area contributed by atoms with Gasteiger partial charge in [0.25, 0.3) is 10.0 Å². The Morgan fingerprint density at radius 2 is 1.55 bits per heavy atom. The molecule has 0 aliphatic carbocycles. The maximum atomic E-state index is 14.0. The number of amides is 2. The Hall–Kier alpha value is -3.47. The van der Waals surface area contributed by atoms with Gasteiger partial charge in [-0.15, -0.1) is 0 Å². The highest BCUT2D eigenvalue weighted by Crippen LogP contribution is 2.32. The Morgan fingerprint density at radius 1 is 0.881 bits per heavy atom. The van der Waals surface area contributed by atoms with Gasteiger partial charge in [-0.1, -0.05) is 61.3 Å². The summed E-state index contributed by atoms with van der Waals surface area (Å²) in [5, 5.41) is 3.49. The lowest BCUT2D eigenvalue weighted by Crippen LogP contribution is -2.51. The van der Waals surface area contributed by atoms with E-state index in [0.29, 0.717) is 27.9 Å². The first-order chi connectivity index (χ1) is 19.9. The SMILES string of the molecule is COc1ccc(S(=O)(=O)N(CC(=O)N(Cc2ccc(Cl)c(Cl)c2)C(C)C(=O)NCC(C)C)c2ccccc2)cc1OC. The van der Waals surface area contributed by atoms with Gasteiger partial charge in [0, 0.05) is 19.2 Å². The van der Waals surface area contributed by atoms with E-state index < -0.39 is 28.5 Å². The number of halogens is 2. The highest BCUT2D eigenvalue weighted by molar-refractivity contribution is 7.92. The van der Waals surface area contributed by atoms with Crippen molar-refractivity contribution in [2.24, 2.45) is 5.92 Å². The van der Waals surface area contributed by atoms with E-state index in [-0.39, 0.29) is 34.7 Å². The second-order valence-electron chi connectivity index (χ2n) is 9.95. The van der Waals surface area contributed by atoms with Gasteiger partial charge in [0.2, 0.25) is 11.8 Å². The predicted molar refractivity (Wildman–Crippen MR) is 165 cm³/mol. The molecule has 9 nitrogen and oxygen atoms in total. The number of anilines is 1. The number of sulfonamides is 1. The lowest BCUT2D eigenvalue weighted by atomic mass is 10.1. The zero-order valence-electron chi connectivity index (χ0n) is 24.1. The van der Waals surface area contributed by atoms with E-state index in [0.717, 1.165) is 4.31 Å². The lowest BCUT2D eigenvalue weighted by molar-refractivity contribution is -0.139. The van der Waals surface area contributed by atoms with E-state index in [1.807, 2.05) is 13.8 Å². The number of carbonyl (C=O) groups is 2. The molecular formula is C30H35Cl2N3O6S. The van der Waals surface area contributed by atoms with Crippen LogP contribution in [-0.2, 0) is 26.2 Å². The summed E-state index contributed by atoms with van der Waals surface area (Å²) in [7, 11) is -1.43. The largest absolute Gasteiger partial charge is 0.493 e. The molecule has 0 aliphatic heterocycles. The molecule has 0 bridgehead atoms. The van der Waals surface area contributed by atoms with Crippen molar-refractivity contribution in [1.29, 1.82) is 0 Å². The highest BCUT2D eigenvalue weighted by atomic mass is 35.5. The molecule has 0 spiro atoms. The molecule has 0 aliphatic rings. The zero-order chi connectivity index (χ0) is 31.0. The molecule has 0 radical (unpaired) electrons. The molecule has 0 heterocycles. The summed E-state index contributed by atoms with van der Waals surface area (Å²) in [5.41, 5.74) is 0.891. The molecule has 1 N–H and O–H groups in total. The Morgan fingerprint density at radius 3 is 2.14 bits per heavy atom. The number of ether oxygens (including phenoxy) is 2. The first kappa shape index (κ1) is 33.0. The fraction of sp³-hybridized carbons (Fsp3) is 0.333. The van der Waals surface area contributed by atoms with Crippen LogP contribution in [0.15, 0.2) is 71.6 Å². The number of para-hydroxylation sites is 1. The van der Waals surface area contributed by atoms with Gasteiger partial charge in [0.15, 0.2) is 11.5 Å². The molecule has 2 amide bonds. The van der Waals surface area contributed by atoms with E-state index in [1.165, 1.54) is 37.3 Å². The number of nitrogens with zero attached hydrogens (tertiary/aromatic N) is 2. The quantitative estimate of drug-likeness (QED) is 0.270. The van der Waals surface area contributed by atoms with Crippen molar-refractivity contribution in [3.63, 3.8) is 0 Å². The lowest BCUT2D eigenvalue weighted by Gasteiger charge is -2.32. The molecule has 0 saturated carbocycles. The summed E-state index contributed by atoms with van der Waals surface area (Å²) in [6.07, 6.45) is 0. The summed E-state index contributed by atoms with van der Waals surface area (Å²) < 4.78 is 39.6. The second-order valence-corrected chi connectivity index (χ2v) is 12.6. The minimum Gasteiger partial charge on any atom is -0.493 e. The molecule has 0 fully saturated rings. The van der Waals surface area contributed by atoms with Crippen LogP contribution in [0.4, 0.5) is 5.69 Å². The van der Waals surface area contributed by atoms with Gasteiger partial charge in [0.05, 0.1) is 34.8 Å². The smallest absolute Gasteiger partial charge is 0.264 e. The molecule has 1 unspecified atom stereocenters. The van der Waals surface area contributed by atoms with Gasteiger partial charge in [-0.25, -0.2) is 8.42 Å². The summed E-state index contributed by atoms with van der Waals surface area (Å²) in [6.45, 7) is 5.35. The van der Waals surface area contributed by atoms with Crippen LogP contribution >= 0.6 is 23.2 Å². The van der Waals surface area contributed by atoms with Crippen molar-refractivity contribution < 1.29 is 27.5 Å². The van der Waals surface area contributed by atoms with Gasteiger partial charge < -0.3 is 19.7 Å². The molecule has 3 rings (SSSR count). The zero-order valence-corrected chi connectivity index (χ0v) is 26.5. The third-order valence-corrected chi connectivity index (χ3v) is 8.96. The first-order valence-corrected chi connectivity index (χ1v) is 15.4. The maximum Gasteiger partial charge on any atom is 0.264 e. The summed E-state index contributed by atoms with van der Waals surface area (Å²) in [5.74, 6) is -0.199. The molecule has 3 aromatic carbocycles. The van der Waals surface area contributed by atoms with Gasteiger partial charge in [0.1, 0.15) is 12.6 Å². The van der Waals surface area contributed by atoms with Crippen LogP contribution in [0.3, 0.4) is 0 Å². The highest BCUT2D eigenvalue weighted by Gasteiger charge is 2.33. The van der Waals surface area contributed by atoms with Crippen molar-refractivity contribution >= 4 is 50.7 Å². The fourth-order valence-corrected chi connectivity index (χ4v) is 5.85. The molecule has 0 saturated heterocycles. The van der Waals surface area contributed by atoms with Crippen LogP contribution in [0.2, 0.25) is 10.0 Å². The predicted octanol–water partition coefficient (Wildman–Crippen LogP) is 5.40. The average Bonchev–Trinajstić information content (AvgIpc) is 2.98. The van der Waals surface area contributed by atoms with Crippen molar-refractivity contribution in [3.8, 4) is 11.5 Å². The van der Waals surface area contributed by atoms with Gasteiger partial charge >= 0.3 is 0 Å². The van der Waals surface area contributed by atoms with E-state index in [9.17, 15) is 18.0 Å². The number of hydrogen-bond donors (Lipinski definition) is 1. The molecule has 1 atom stereocenters. The number of nitrogens with one attached hydrogen (secondary N) is 1. The molecular weight excluding hydrogens is 601 g/mol. The number of methoxy groups -OCH3 is 2. The number of benzene rings is 3. The number of carbonyl (C=O) groups excluding carboxylic acids is 2. The number of rotatable bonds is 13. The van der Waals surface area contributed by atoms with Crippen LogP contribution in [0.5, 0.6) is 11.5 Å². The van der Waals surface area contributed by atoms with E-state index in [4.69, 9.17) is 32.7 Å². The van der Waals surface area contributed by atoms with Crippen LogP contribution in [-0.4, -0.2) is 58.5 Å². The Balaban J connectivity index is 2.04. The Kier molecular flexibility index (Phi) is 11.5. The maximum absolute atomic E-state index is 14.0. The third-order valence-electron chi connectivity index (χ3n) is 6.45. The Labute approximate surface area is 257 Å². The first-order valence-electron chi connectivity index (χ1n) is 13.2. The monoisotopic (exact) mass is 635 g/mol. The van der Waals surface area contributed by atoms with Crippen LogP contribution in [0.1, 0.15) is 26.3 Å². The average molecular weight is 637 g/mol. The van der Waals surface area contributed by atoms with E-state index >= 15 is 0 Å². The molecule has 12 heteroatoms. The van der Waals surface area contributed by atoms with Crippen molar-refractivity contribution in [1.82, 2.24) is 10.2 Å². The van der Waals surface area contributed by atoms with Crippen LogP contribution in [0.25, 0.3) is 0 Å². The normalized spacial score (nSPS) is 12.0. The molecule has 0 aromatic heterocycles. The number of hydrogen-bond acceptors (Lipinski definition) is 6.